The van der Waals surface area contributed by atoms with E-state index < -0.39 is 5.97 Å². The number of nitrogens with zero attached hydrogens (tertiary/aromatic N) is 1. The second kappa shape index (κ2) is 14.9. The number of hydrogen-bond acceptors (Lipinski definition) is 3. The molecule has 0 bridgehead atoms. The lowest BCUT2D eigenvalue weighted by Crippen LogP contribution is -2.49. The maximum atomic E-state index is 13.1. The zero-order valence-electron chi connectivity index (χ0n) is 19.0. The van der Waals surface area contributed by atoms with Crippen molar-refractivity contribution in [3.63, 3.8) is 0 Å². The highest BCUT2D eigenvalue weighted by Gasteiger charge is 2.22. The lowest BCUT2D eigenvalue weighted by molar-refractivity contribution is -0.871. The molecule has 1 amide bonds. The van der Waals surface area contributed by atoms with E-state index in [-0.39, 0.29) is 30.3 Å². The maximum Gasteiger partial charge on any atom is 0.305 e. The molecule has 0 fully saturated rings. The molecule has 6 nitrogen and oxygen atoms in total. The van der Waals surface area contributed by atoms with Gasteiger partial charge in [-0.3, -0.25) is 9.59 Å². The van der Waals surface area contributed by atoms with E-state index in [1.54, 1.807) is 12.1 Å². The minimum absolute atomic E-state index is 0. The van der Waals surface area contributed by atoms with Gasteiger partial charge in [-0.05, 0) is 37.0 Å². The second-order valence-electron chi connectivity index (χ2n) is 8.94. The van der Waals surface area contributed by atoms with Crippen LogP contribution in [0.4, 0.5) is 4.39 Å². The van der Waals surface area contributed by atoms with Crippen molar-refractivity contribution in [3.8, 4) is 0 Å². The number of halogens is 1. The Hall–Kier alpha value is -1.99. The van der Waals surface area contributed by atoms with Crippen LogP contribution in [0.5, 0.6) is 0 Å². The molecule has 30 heavy (non-hydrogen) atoms. The number of carboxylic acids is 1. The molecular weight excluding hydrogens is 385 g/mol. The van der Waals surface area contributed by atoms with E-state index in [9.17, 15) is 14.0 Å². The molecule has 1 aromatic rings. The highest BCUT2D eigenvalue weighted by molar-refractivity contribution is 5.77. The standard InChI is InChI=1S/C23H37FN2O3.H3N/c1-26(2,3)18-21(17-23(28)29)25-22(27)15-10-8-6-4-5-7-9-12-19-13-11-14-20(24)16-19;/h11,13-14,16,21H,4-10,12,15,17-18H2,1-3H3,(H-,25,27,28,29);1H3/p+1/t21-;/m1./s1. The summed E-state index contributed by atoms with van der Waals surface area (Å²) in [6.45, 7) is 0.591. The van der Waals surface area contributed by atoms with Gasteiger partial charge in [0.15, 0.2) is 0 Å². The SMILES string of the molecule is C[N+](C)(C)C[C@@H](CC(=O)O)NC(=O)CCCCCCCCCc1cccc(F)c1.N. The number of benzene rings is 1. The van der Waals surface area contributed by atoms with Crippen molar-refractivity contribution < 1.29 is 23.6 Å². The number of aryl methyl sites for hydroxylation is 1. The summed E-state index contributed by atoms with van der Waals surface area (Å²) < 4.78 is 13.7. The van der Waals surface area contributed by atoms with Gasteiger partial charge in [-0.25, -0.2) is 4.39 Å². The molecule has 1 aromatic carbocycles. The fourth-order valence-electron chi connectivity index (χ4n) is 3.52. The number of rotatable bonds is 15. The van der Waals surface area contributed by atoms with Crippen molar-refractivity contribution >= 4 is 11.9 Å². The number of amides is 1. The van der Waals surface area contributed by atoms with Gasteiger partial charge in [0.05, 0.1) is 40.2 Å². The number of unbranched alkanes of at least 4 members (excludes halogenated alkanes) is 6. The average Bonchev–Trinajstić information content (AvgIpc) is 2.58. The molecule has 1 atom stereocenters. The molecule has 1 rings (SSSR count). The van der Waals surface area contributed by atoms with Crippen molar-refractivity contribution in [1.29, 1.82) is 0 Å². The lowest BCUT2D eigenvalue weighted by atomic mass is 10.0. The molecule has 0 unspecified atom stereocenters. The number of carbonyl (C=O) groups is 2. The molecule has 0 aliphatic carbocycles. The molecule has 5 N–H and O–H groups in total. The third-order valence-corrected chi connectivity index (χ3v) is 4.81. The van der Waals surface area contributed by atoms with Crippen LogP contribution in [-0.4, -0.2) is 55.2 Å². The molecule has 7 heteroatoms. The normalized spacial score (nSPS) is 12.1. The minimum atomic E-state index is -0.888. The molecule has 0 aromatic heterocycles. The van der Waals surface area contributed by atoms with Crippen molar-refractivity contribution in [1.82, 2.24) is 11.5 Å². The largest absolute Gasteiger partial charge is 0.481 e. The van der Waals surface area contributed by atoms with Crippen LogP contribution in [0.2, 0.25) is 0 Å². The van der Waals surface area contributed by atoms with E-state index in [2.05, 4.69) is 5.32 Å². The zero-order valence-corrected chi connectivity index (χ0v) is 19.0. The summed E-state index contributed by atoms with van der Waals surface area (Å²) >= 11 is 0. The molecular formula is C23H41FN3O3+. The Kier molecular flexibility index (Phi) is 13.9. The quantitative estimate of drug-likeness (QED) is 0.287. The van der Waals surface area contributed by atoms with E-state index in [1.165, 1.54) is 6.07 Å². The molecule has 0 saturated carbocycles. The van der Waals surface area contributed by atoms with E-state index in [0.717, 1.165) is 56.9 Å². The van der Waals surface area contributed by atoms with Gasteiger partial charge in [0, 0.05) is 6.42 Å². The molecule has 0 aliphatic rings. The molecule has 0 heterocycles. The zero-order chi connectivity index (χ0) is 21.7. The topological polar surface area (TPSA) is 101 Å². The van der Waals surface area contributed by atoms with Crippen LogP contribution in [0.15, 0.2) is 24.3 Å². The van der Waals surface area contributed by atoms with Gasteiger partial charge in [0.1, 0.15) is 5.82 Å². The first-order valence-electron chi connectivity index (χ1n) is 10.7. The summed E-state index contributed by atoms with van der Waals surface area (Å²) in [5.74, 6) is -1.11. The Bertz CT molecular complexity index is 632. The molecule has 172 valence electrons. The number of quaternary nitrogens is 1. The lowest BCUT2D eigenvalue weighted by Gasteiger charge is -2.29. The van der Waals surface area contributed by atoms with Crippen LogP contribution in [0, 0.1) is 5.82 Å². The smallest absolute Gasteiger partial charge is 0.305 e. The van der Waals surface area contributed by atoms with Gasteiger partial charge in [-0.1, -0.05) is 44.2 Å². The van der Waals surface area contributed by atoms with Crippen LogP contribution < -0.4 is 11.5 Å². The Morgan fingerprint density at radius 1 is 1.03 bits per heavy atom. The van der Waals surface area contributed by atoms with Crippen LogP contribution >= 0.6 is 0 Å². The molecule has 0 saturated heterocycles. The second-order valence-corrected chi connectivity index (χ2v) is 8.94. The van der Waals surface area contributed by atoms with E-state index in [4.69, 9.17) is 5.11 Å². The summed E-state index contributed by atoms with van der Waals surface area (Å²) in [4.78, 5) is 23.1. The first-order chi connectivity index (χ1) is 13.7. The molecule has 0 spiro atoms. The van der Waals surface area contributed by atoms with Crippen LogP contribution in [-0.2, 0) is 16.0 Å². The van der Waals surface area contributed by atoms with E-state index in [0.29, 0.717) is 17.4 Å². The third-order valence-electron chi connectivity index (χ3n) is 4.81. The highest BCUT2D eigenvalue weighted by Crippen LogP contribution is 2.12. The number of carbonyl (C=O) groups excluding carboxylic acids is 1. The number of carboxylic acid groups (broad SMARTS) is 1. The van der Waals surface area contributed by atoms with Crippen LogP contribution in [0.3, 0.4) is 0 Å². The summed E-state index contributed by atoms with van der Waals surface area (Å²) in [5.41, 5.74) is 1.06. The van der Waals surface area contributed by atoms with E-state index >= 15 is 0 Å². The first-order valence-corrected chi connectivity index (χ1v) is 10.7. The van der Waals surface area contributed by atoms with Crippen molar-refractivity contribution in [2.45, 2.75) is 70.3 Å². The minimum Gasteiger partial charge on any atom is -0.481 e. The summed E-state index contributed by atoms with van der Waals surface area (Å²) in [6.07, 6.45) is 8.79. The van der Waals surface area contributed by atoms with Crippen LogP contribution in [0.1, 0.15) is 63.4 Å². The Balaban J connectivity index is 0.00000841. The van der Waals surface area contributed by atoms with Crippen molar-refractivity contribution in [2.75, 3.05) is 27.7 Å². The van der Waals surface area contributed by atoms with Gasteiger partial charge in [-0.15, -0.1) is 0 Å². The Morgan fingerprint density at radius 2 is 1.63 bits per heavy atom. The van der Waals surface area contributed by atoms with E-state index in [1.807, 2.05) is 27.2 Å². The number of nitrogens with one attached hydrogen (secondary N) is 1. The predicted molar refractivity (Wildman–Crippen MR) is 119 cm³/mol. The average molecular weight is 427 g/mol. The maximum absolute atomic E-state index is 13.1. The monoisotopic (exact) mass is 426 g/mol. The number of hydrogen-bond donors (Lipinski definition) is 3. The van der Waals surface area contributed by atoms with Gasteiger partial charge in [0.2, 0.25) is 5.91 Å². The molecule has 0 aliphatic heterocycles. The third kappa shape index (κ3) is 14.9. The Labute approximate surface area is 181 Å². The van der Waals surface area contributed by atoms with Gasteiger partial charge in [-0.2, -0.15) is 0 Å². The summed E-state index contributed by atoms with van der Waals surface area (Å²) in [7, 11) is 5.96. The number of aliphatic carboxylic acids is 1. The summed E-state index contributed by atoms with van der Waals surface area (Å²) in [5, 5.41) is 11.9. The summed E-state index contributed by atoms with van der Waals surface area (Å²) in [6, 6.07) is 6.47. The van der Waals surface area contributed by atoms with Crippen LogP contribution in [0.25, 0.3) is 0 Å². The van der Waals surface area contributed by atoms with Gasteiger partial charge < -0.3 is 21.1 Å². The predicted octanol–water partition coefficient (Wildman–Crippen LogP) is 4.32. The Morgan fingerprint density at radius 3 is 2.20 bits per heavy atom. The fourth-order valence-corrected chi connectivity index (χ4v) is 3.52. The van der Waals surface area contributed by atoms with Crippen molar-refractivity contribution in [2.24, 2.45) is 0 Å². The highest BCUT2D eigenvalue weighted by atomic mass is 19.1. The fraction of sp³-hybridized carbons (Fsp3) is 0.652. The number of likely N-dealkylation sites (N-methyl/N-ethyl adjacent to an activating group) is 1. The van der Waals surface area contributed by atoms with Gasteiger partial charge >= 0.3 is 5.97 Å². The van der Waals surface area contributed by atoms with Gasteiger partial charge in [0.25, 0.3) is 0 Å². The molecule has 0 radical (unpaired) electrons. The van der Waals surface area contributed by atoms with Crippen molar-refractivity contribution in [3.05, 3.63) is 35.6 Å². The first kappa shape index (κ1) is 28.0.